The third-order valence-electron chi connectivity index (χ3n) is 4.20. The molecule has 5 heteroatoms. The largest absolute Gasteiger partial charge is 0.350 e. The minimum absolute atomic E-state index is 0.499. The zero-order valence-electron chi connectivity index (χ0n) is 11.5. The molecule has 19 heavy (non-hydrogen) atoms. The fourth-order valence-corrected chi connectivity index (χ4v) is 3.46. The van der Waals surface area contributed by atoms with Gasteiger partial charge in [0.15, 0.2) is 11.5 Å². The lowest BCUT2D eigenvalue weighted by Gasteiger charge is -2.41. The molecule has 0 N–H and O–H groups in total. The molecular weight excluding hydrogens is 304 g/mol. The van der Waals surface area contributed by atoms with Gasteiger partial charge in [-0.2, -0.15) is 0 Å². The van der Waals surface area contributed by atoms with Crippen molar-refractivity contribution in [3.63, 3.8) is 0 Å². The average Bonchev–Trinajstić information content (AvgIpc) is 2.80. The molecule has 2 aromatic heterocycles. The van der Waals surface area contributed by atoms with Gasteiger partial charge in [0.1, 0.15) is 4.60 Å². The number of anilines is 1. The second kappa shape index (κ2) is 4.78. The molecule has 0 bridgehead atoms. The van der Waals surface area contributed by atoms with E-state index in [1.54, 1.807) is 0 Å². The van der Waals surface area contributed by atoms with Crippen LogP contribution in [0.15, 0.2) is 23.2 Å². The van der Waals surface area contributed by atoms with Crippen LogP contribution < -0.4 is 4.90 Å². The number of rotatable bonds is 1. The Bertz CT molecular complexity index is 594. The Kier molecular flexibility index (Phi) is 3.25. The van der Waals surface area contributed by atoms with E-state index in [1.165, 1.54) is 6.42 Å². The summed E-state index contributed by atoms with van der Waals surface area (Å²) < 4.78 is 2.88. The first-order valence-corrected chi connectivity index (χ1v) is 7.61. The normalized spacial score (nSPS) is 28.0. The maximum atomic E-state index is 4.68. The van der Waals surface area contributed by atoms with Crippen molar-refractivity contribution in [1.82, 2.24) is 14.4 Å². The van der Waals surface area contributed by atoms with Crippen molar-refractivity contribution in [2.45, 2.75) is 33.2 Å². The number of hydrogen-bond acceptors (Lipinski definition) is 3. The van der Waals surface area contributed by atoms with Gasteiger partial charge in [-0.25, -0.2) is 9.97 Å². The summed E-state index contributed by atoms with van der Waals surface area (Å²) in [5, 5.41) is 0. The van der Waals surface area contributed by atoms with E-state index in [-0.39, 0.29) is 0 Å². The number of aromatic nitrogens is 3. The minimum Gasteiger partial charge on any atom is -0.350 e. The molecule has 0 saturated carbocycles. The number of imidazole rings is 1. The van der Waals surface area contributed by atoms with E-state index in [0.29, 0.717) is 17.9 Å². The zero-order valence-corrected chi connectivity index (χ0v) is 13.1. The van der Waals surface area contributed by atoms with Gasteiger partial charge in [0, 0.05) is 31.2 Å². The van der Waals surface area contributed by atoms with Gasteiger partial charge in [0.2, 0.25) is 0 Å². The van der Waals surface area contributed by atoms with Crippen LogP contribution >= 0.6 is 15.9 Å². The molecule has 1 saturated heterocycles. The van der Waals surface area contributed by atoms with Crippen molar-refractivity contribution in [3.8, 4) is 0 Å². The molecule has 102 valence electrons. The van der Waals surface area contributed by atoms with Crippen LogP contribution in [0.4, 0.5) is 5.82 Å². The van der Waals surface area contributed by atoms with Crippen molar-refractivity contribution >= 4 is 27.4 Å². The molecule has 4 nitrogen and oxygen atoms in total. The second-order valence-electron chi connectivity index (χ2n) is 5.76. The minimum atomic E-state index is 0.499. The van der Waals surface area contributed by atoms with Crippen LogP contribution in [0.3, 0.4) is 0 Å². The van der Waals surface area contributed by atoms with Gasteiger partial charge in [-0.05, 0) is 41.1 Å². The van der Waals surface area contributed by atoms with Crippen LogP contribution in [0.1, 0.15) is 27.2 Å². The molecule has 2 aromatic rings. The first kappa shape index (κ1) is 12.9. The van der Waals surface area contributed by atoms with Crippen LogP contribution in [0.2, 0.25) is 0 Å². The Balaban J connectivity index is 2.09. The fourth-order valence-electron chi connectivity index (χ4n) is 3.07. The Morgan fingerprint density at radius 2 is 2.11 bits per heavy atom. The lowest BCUT2D eigenvalue weighted by atomic mass is 9.86. The molecule has 0 spiro atoms. The third-order valence-corrected chi connectivity index (χ3v) is 4.58. The molecule has 1 aliphatic rings. The quantitative estimate of drug-likeness (QED) is 0.807. The summed E-state index contributed by atoms with van der Waals surface area (Å²) in [4.78, 5) is 11.5. The van der Waals surface area contributed by atoms with Gasteiger partial charge in [0.25, 0.3) is 0 Å². The molecule has 3 rings (SSSR count). The van der Waals surface area contributed by atoms with Crippen LogP contribution in [-0.2, 0) is 0 Å². The standard InChI is InChI=1S/C14H19BrN4/c1-9-6-10(2)11(3)19(7-9)14-13-16-4-5-18(13)8-12(15)17-14/h4-5,8-11H,6-7H2,1-3H3. The predicted octanol–water partition coefficient (Wildman–Crippen LogP) is 3.36. The maximum absolute atomic E-state index is 4.68. The molecule has 0 radical (unpaired) electrons. The highest BCUT2D eigenvalue weighted by atomic mass is 79.9. The molecule has 3 heterocycles. The van der Waals surface area contributed by atoms with Gasteiger partial charge in [-0.3, -0.25) is 0 Å². The molecule has 3 unspecified atom stereocenters. The lowest BCUT2D eigenvalue weighted by Crippen LogP contribution is -2.46. The number of nitrogens with zero attached hydrogens (tertiary/aromatic N) is 4. The maximum Gasteiger partial charge on any atom is 0.180 e. The van der Waals surface area contributed by atoms with Gasteiger partial charge in [-0.1, -0.05) is 13.8 Å². The summed E-state index contributed by atoms with van der Waals surface area (Å²) in [5.41, 5.74) is 0.941. The molecule has 3 atom stereocenters. The highest BCUT2D eigenvalue weighted by Gasteiger charge is 2.31. The van der Waals surface area contributed by atoms with E-state index < -0.39 is 0 Å². The zero-order chi connectivity index (χ0) is 13.6. The monoisotopic (exact) mass is 322 g/mol. The van der Waals surface area contributed by atoms with Gasteiger partial charge in [0.05, 0.1) is 0 Å². The van der Waals surface area contributed by atoms with Crippen molar-refractivity contribution in [1.29, 1.82) is 0 Å². The van der Waals surface area contributed by atoms with Crippen molar-refractivity contribution in [3.05, 3.63) is 23.2 Å². The summed E-state index contributed by atoms with van der Waals surface area (Å²) in [5.74, 6) is 2.37. The summed E-state index contributed by atoms with van der Waals surface area (Å²) in [6, 6.07) is 0.499. The second-order valence-corrected chi connectivity index (χ2v) is 6.57. The molecule has 0 aromatic carbocycles. The fraction of sp³-hybridized carbons (Fsp3) is 0.571. The summed E-state index contributed by atoms with van der Waals surface area (Å²) in [7, 11) is 0. The first-order valence-electron chi connectivity index (χ1n) is 6.82. The first-order chi connectivity index (χ1) is 9.06. The van der Waals surface area contributed by atoms with E-state index in [4.69, 9.17) is 0 Å². The smallest absolute Gasteiger partial charge is 0.180 e. The molecule has 0 aliphatic carbocycles. The van der Waals surface area contributed by atoms with E-state index in [0.717, 1.165) is 22.6 Å². The molecule has 1 fully saturated rings. The SMILES string of the molecule is CC1CC(C)C(C)N(c2nc(Br)cn3ccnc23)C1. The highest BCUT2D eigenvalue weighted by molar-refractivity contribution is 9.10. The Morgan fingerprint density at radius 1 is 1.32 bits per heavy atom. The summed E-state index contributed by atoms with van der Waals surface area (Å²) >= 11 is 3.50. The van der Waals surface area contributed by atoms with Gasteiger partial charge < -0.3 is 9.30 Å². The molecule has 1 aliphatic heterocycles. The van der Waals surface area contributed by atoms with Crippen LogP contribution in [0.25, 0.3) is 5.65 Å². The van der Waals surface area contributed by atoms with Crippen molar-refractivity contribution in [2.24, 2.45) is 11.8 Å². The summed E-state index contributed by atoms with van der Waals surface area (Å²) in [6.07, 6.45) is 7.03. The molecule has 0 amide bonds. The van der Waals surface area contributed by atoms with Crippen LogP contribution in [0.5, 0.6) is 0 Å². The highest BCUT2D eigenvalue weighted by Crippen LogP contribution is 2.32. The number of halogens is 1. The van der Waals surface area contributed by atoms with Crippen LogP contribution in [0, 0.1) is 11.8 Å². The third kappa shape index (κ3) is 2.24. The van der Waals surface area contributed by atoms with Crippen molar-refractivity contribution < 1.29 is 0 Å². The van der Waals surface area contributed by atoms with Crippen molar-refractivity contribution in [2.75, 3.05) is 11.4 Å². The average molecular weight is 323 g/mol. The Labute approximate surface area is 122 Å². The molecular formula is C14H19BrN4. The number of hydrogen-bond donors (Lipinski definition) is 0. The Morgan fingerprint density at radius 3 is 2.89 bits per heavy atom. The van der Waals surface area contributed by atoms with E-state index in [2.05, 4.69) is 51.6 Å². The van der Waals surface area contributed by atoms with Gasteiger partial charge >= 0.3 is 0 Å². The lowest BCUT2D eigenvalue weighted by molar-refractivity contribution is 0.295. The predicted molar refractivity (Wildman–Crippen MR) is 80.4 cm³/mol. The van der Waals surface area contributed by atoms with Crippen LogP contribution in [-0.4, -0.2) is 27.0 Å². The topological polar surface area (TPSA) is 33.4 Å². The van der Waals surface area contributed by atoms with E-state index in [9.17, 15) is 0 Å². The number of fused-ring (bicyclic) bond motifs is 1. The summed E-state index contributed by atoms with van der Waals surface area (Å²) in [6.45, 7) is 7.99. The number of piperidine rings is 1. The van der Waals surface area contributed by atoms with E-state index in [1.807, 2.05) is 23.0 Å². The van der Waals surface area contributed by atoms with Gasteiger partial charge in [-0.15, -0.1) is 0 Å². The Hall–Kier alpha value is -1.10. The van der Waals surface area contributed by atoms with E-state index >= 15 is 0 Å².